The number of rotatable bonds is 16. The van der Waals surface area contributed by atoms with Gasteiger partial charge in [-0.2, -0.15) is 5.10 Å². The third kappa shape index (κ3) is 10.7. The van der Waals surface area contributed by atoms with E-state index in [4.69, 9.17) is 37.9 Å². The van der Waals surface area contributed by atoms with E-state index in [0.717, 1.165) is 37.7 Å². The number of phenols is 2. The predicted octanol–water partition coefficient (Wildman–Crippen LogP) is 10.7. The topological polar surface area (TPSA) is 197 Å². The van der Waals surface area contributed by atoms with Gasteiger partial charge in [0.05, 0.1) is 33.7 Å². The van der Waals surface area contributed by atoms with Gasteiger partial charge in [-0.3, -0.25) is 9.44 Å². The van der Waals surface area contributed by atoms with Crippen molar-refractivity contribution in [3.05, 3.63) is 94.2 Å². The van der Waals surface area contributed by atoms with Crippen LogP contribution in [0.2, 0.25) is 10.0 Å². The van der Waals surface area contributed by atoms with Crippen molar-refractivity contribution in [1.82, 2.24) is 14.9 Å². The second-order valence-electron chi connectivity index (χ2n) is 17.1. The maximum Gasteiger partial charge on any atom is 0.265 e. The number of phenolic OH excluding ortho intramolecular Hbond substituents is 2. The number of benzene rings is 4. The van der Waals surface area contributed by atoms with Gasteiger partial charge < -0.3 is 14.9 Å². The molecule has 4 N–H and O–H groups in total. The largest absolute Gasteiger partial charge is 0.507 e. The summed E-state index contributed by atoms with van der Waals surface area (Å²) in [5.41, 5.74) is 2.09. The zero-order valence-electron chi connectivity index (χ0n) is 35.6. The van der Waals surface area contributed by atoms with Crippen LogP contribution in [-0.2, 0) is 25.5 Å². The van der Waals surface area contributed by atoms with E-state index in [1.165, 1.54) is 47.3 Å². The lowest BCUT2D eigenvalue weighted by Crippen LogP contribution is -2.27. The first-order valence-corrected chi connectivity index (χ1v) is 23.9. The van der Waals surface area contributed by atoms with Gasteiger partial charge in [0.2, 0.25) is 5.82 Å². The van der Waals surface area contributed by atoms with Gasteiger partial charge in [0, 0.05) is 16.7 Å². The molecule has 0 unspecified atom stereocenters. The van der Waals surface area contributed by atoms with Gasteiger partial charge in [-0.15, -0.1) is 9.89 Å². The van der Waals surface area contributed by atoms with Crippen LogP contribution in [0.1, 0.15) is 98.4 Å². The fourth-order valence-corrected chi connectivity index (χ4v) is 9.36. The van der Waals surface area contributed by atoms with Crippen LogP contribution in [0.15, 0.2) is 92.7 Å². The average molecular weight is 925 g/mol. The van der Waals surface area contributed by atoms with Gasteiger partial charge in [0.1, 0.15) is 27.0 Å². The highest BCUT2D eigenvalue weighted by atomic mass is 35.5. The van der Waals surface area contributed by atoms with E-state index < -0.39 is 31.2 Å². The minimum Gasteiger partial charge on any atom is -0.507 e. The van der Waals surface area contributed by atoms with Gasteiger partial charge in [0.25, 0.3) is 20.0 Å². The number of sulfonamides is 2. The minimum absolute atomic E-state index is 0.0372. The minimum atomic E-state index is -4.38. The van der Waals surface area contributed by atoms with E-state index >= 15 is 0 Å². The number of nitrogens with zero attached hydrogens (tertiary/aromatic N) is 5. The van der Waals surface area contributed by atoms with Crippen LogP contribution in [0, 0.1) is 5.41 Å². The van der Waals surface area contributed by atoms with Gasteiger partial charge in [-0.1, -0.05) is 110 Å². The summed E-state index contributed by atoms with van der Waals surface area (Å²) in [5, 5.41) is 30.1. The number of anilines is 2. The molecule has 0 saturated carbocycles. The number of hydrogen-bond donors (Lipinski definition) is 4. The molecule has 0 atom stereocenters. The molecule has 0 aliphatic carbocycles. The monoisotopic (exact) mass is 923 g/mol. The van der Waals surface area contributed by atoms with Crippen molar-refractivity contribution < 1.29 is 31.8 Å². The Hall–Kier alpha value is -5.16. The summed E-state index contributed by atoms with van der Waals surface area (Å²) in [6.07, 6.45) is 6.02. The smallest absolute Gasteiger partial charge is 0.265 e. The zero-order valence-corrected chi connectivity index (χ0v) is 38.8. The number of fused-ring (bicyclic) bond motifs is 1. The number of aromatic hydroxyl groups is 2. The number of aromatic nitrogens is 3. The molecular formula is C44H51Cl2N7O7S2. The molecule has 62 heavy (non-hydrogen) atoms. The van der Waals surface area contributed by atoms with Crippen LogP contribution < -0.4 is 14.2 Å². The van der Waals surface area contributed by atoms with Crippen LogP contribution in [0.5, 0.6) is 17.2 Å². The van der Waals surface area contributed by atoms with Crippen LogP contribution in [0.3, 0.4) is 0 Å². The summed E-state index contributed by atoms with van der Waals surface area (Å²) in [5.74, 6) is 0.0154. The first-order chi connectivity index (χ1) is 29.1. The normalized spacial score (nSPS) is 13.9. The molecule has 0 fully saturated rings. The van der Waals surface area contributed by atoms with Crippen molar-refractivity contribution in [3.8, 4) is 28.6 Å². The summed E-state index contributed by atoms with van der Waals surface area (Å²) in [7, 11) is -8.72. The Balaban J connectivity index is 1.26. The van der Waals surface area contributed by atoms with E-state index in [9.17, 15) is 27.0 Å². The molecule has 1 aromatic heterocycles. The Morgan fingerprint density at radius 2 is 1.35 bits per heavy atom. The van der Waals surface area contributed by atoms with Gasteiger partial charge in [0.15, 0.2) is 11.6 Å². The molecule has 0 bridgehead atoms. The predicted molar refractivity (Wildman–Crippen MR) is 246 cm³/mol. The summed E-state index contributed by atoms with van der Waals surface area (Å²) in [6.45, 7) is 14.1. The lowest BCUT2D eigenvalue weighted by Gasteiger charge is -2.20. The molecule has 1 aliphatic rings. The number of halogens is 2. The number of unbranched alkanes of at least 4 members (excludes halogenated alkanes) is 5. The standard InChI is InChI=1S/C44H51Cl2N7O7S2/c1-8-9-10-11-12-13-22-60-35-20-19-30(52-61(56,57)36-21-16-28(23-34(36)54)43(2,3)4)26-37(35)62(58,59)51-29-17-14-27(15-18-29)41-48-42-38(40(44(5,6)7)49-53(42)50-41)47-31-24-32(45)39(55)33(46)25-31/h14-21,23-26,51-52,54-55H,8-13,22H2,1-7H3/b47-38-. The molecule has 18 heteroatoms. The molecule has 14 nitrogen and oxygen atoms in total. The lowest BCUT2D eigenvalue weighted by molar-refractivity contribution is 0.297. The third-order valence-corrected chi connectivity index (χ3v) is 13.3. The summed E-state index contributed by atoms with van der Waals surface area (Å²) in [6, 6.07) is 17.7. The van der Waals surface area contributed by atoms with Crippen molar-refractivity contribution in [3.63, 3.8) is 0 Å². The zero-order chi connectivity index (χ0) is 45.2. The maximum absolute atomic E-state index is 14.1. The Kier molecular flexibility index (Phi) is 13.7. The van der Waals surface area contributed by atoms with E-state index in [0.29, 0.717) is 40.7 Å². The molecule has 330 valence electrons. The quantitative estimate of drug-likeness (QED) is 0.0696. The molecule has 1 aliphatic heterocycles. The van der Waals surface area contributed by atoms with Crippen molar-refractivity contribution in [2.45, 2.75) is 102 Å². The molecule has 0 radical (unpaired) electrons. The number of nitrogens with one attached hydrogen (secondary N) is 2. The van der Waals surface area contributed by atoms with Crippen molar-refractivity contribution in [1.29, 1.82) is 0 Å². The van der Waals surface area contributed by atoms with E-state index in [1.54, 1.807) is 30.3 Å². The molecule has 4 aromatic carbocycles. The van der Waals surface area contributed by atoms with Crippen molar-refractivity contribution in [2.75, 3.05) is 16.1 Å². The van der Waals surface area contributed by atoms with Crippen molar-refractivity contribution in [2.24, 2.45) is 15.5 Å². The Morgan fingerprint density at radius 1 is 0.742 bits per heavy atom. The number of hydrogen-bond acceptors (Lipinski definition) is 11. The Labute approximate surface area is 373 Å². The van der Waals surface area contributed by atoms with Crippen LogP contribution in [-0.4, -0.2) is 60.0 Å². The number of aliphatic imine (C=N–C) groups is 1. The highest BCUT2D eigenvalue weighted by Crippen LogP contribution is 2.38. The van der Waals surface area contributed by atoms with Crippen LogP contribution >= 0.6 is 23.2 Å². The maximum atomic E-state index is 14.1. The lowest BCUT2D eigenvalue weighted by atomic mass is 9.87. The Morgan fingerprint density at radius 3 is 1.98 bits per heavy atom. The number of ether oxygens (including phenoxy) is 1. The Bertz CT molecular complexity index is 2740. The molecule has 0 amide bonds. The second-order valence-corrected chi connectivity index (χ2v) is 21.2. The fraction of sp³-hybridized carbons (Fsp3) is 0.364. The van der Waals surface area contributed by atoms with Gasteiger partial charge in [-0.25, -0.2) is 26.8 Å². The third-order valence-electron chi connectivity index (χ3n) is 9.93. The van der Waals surface area contributed by atoms with E-state index in [2.05, 4.69) is 26.6 Å². The average Bonchev–Trinajstić information content (AvgIpc) is 3.76. The first-order valence-electron chi connectivity index (χ1n) is 20.2. The van der Waals surface area contributed by atoms with Crippen LogP contribution in [0.4, 0.5) is 17.1 Å². The van der Waals surface area contributed by atoms with E-state index in [1.807, 2.05) is 41.5 Å². The summed E-state index contributed by atoms with van der Waals surface area (Å²) in [4.78, 5) is 10.2. The SMILES string of the molecule is CCCCCCCCOc1ccc(NS(=O)(=O)c2ccc(C(C)(C)C)cc2O)cc1S(=O)(=O)Nc1ccc(-c2nc3n(n2)N=C(C(C)(C)C)/C3=N/c2cc(Cl)c(O)c(Cl)c2)cc1. The van der Waals surface area contributed by atoms with Crippen LogP contribution in [0.25, 0.3) is 11.4 Å². The van der Waals surface area contributed by atoms with Crippen molar-refractivity contribution >= 4 is 71.7 Å². The molecule has 5 aromatic rings. The molecule has 2 heterocycles. The van der Waals surface area contributed by atoms with Gasteiger partial charge >= 0.3 is 0 Å². The first kappa shape index (κ1) is 46.3. The molecule has 0 saturated heterocycles. The molecular weight excluding hydrogens is 874 g/mol. The highest BCUT2D eigenvalue weighted by molar-refractivity contribution is 7.93. The fourth-order valence-electron chi connectivity index (χ4n) is 6.53. The molecule has 6 rings (SSSR count). The molecule has 0 spiro atoms. The summed E-state index contributed by atoms with van der Waals surface area (Å²) >= 11 is 12.4. The highest BCUT2D eigenvalue weighted by Gasteiger charge is 2.35. The van der Waals surface area contributed by atoms with Gasteiger partial charge in [-0.05, 0) is 84.1 Å². The van der Waals surface area contributed by atoms with E-state index in [-0.39, 0.29) is 54.7 Å². The second kappa shape index (κ2) is 18.3. The summed E-state index contributed by atoms with van der Waals surface area (Å²) < 4.78 is 66.3.